The molecule has 2 unspecified atom stereocenters. The zero-order valence-corrected chi connectivity index (χ0v) is 21.3. The van der Waals surface area contributed by atoms with Gasteiger partial charge in [-0.3, -0.25) is 9.79 Å². The van der Waals surface area contributed by atoms with Crippen molar-refractivity contribution >= 4 is 29.0 Å². The lowest BCUT2D eigenvalue weighted by Crippen LogP contribution is -2.28. The van der Waals surface area contributed by atoms with Crippen molar-refractivity contribution in [1.29, 1.82) is 0 Å². The maximum Gasteiger partial charge on any atom is 0.323 e. The third kappa shape index (κ3) is 5.59. The zero-order chi connectivity index (χ0) is 26.5. The highest BCUT2D eigenvalue weighted by Gasteiger charge is 2.34. The second-order valence-corrected chi connectivity index (χ2v) is 8.94. The quantitative estimate of drug-likeness (QED) is 0.263. The van der Waals surface area contributed by atoms with Crippen molar-refractivity contribution in [3.8, 4) is 11.8 Å². The summed E-state index contributed by atoms with van der Waals surface area (Å²) >= 11 is 5.87. The molecule has 2 aromatic heterocycles. The van der Waals surface area contributed by atoms with Crippen LogP contribution in [-0.4, -0.2) is 56.6 Å². The van der Waals surface area contributed by atoms with Gasteiger partial charge in [-0.05, 0) is 43.0 Å². The number of benzene rings is 1. The number of hydrogen-bond acceptors (Lipinski definition) is 8. The Labute approximate surface area is 219 Å². The number of aliphatic imine (C=N–C) groups is 1. The van der Waals surface area contributed by atoms with Crippen molar-refractivity contribution in [2.75, 3.05) is 25.9 Å². The second kappa shape index (κ2) is 11.4. The molecule has 9 nitrogen and oxygen atoms in total. The van der Waals surface area contributed by atoms with E-state index in [4.69, 9.17) is 22.1 Å². The van der Waals surface area contributed by atoms with Gasteiger partial charge in [0.1, 0.15) is 28.9 Å². The number of hydrogen-bond donors (Lipinski definition) is 1. The molecule has 0 spiro atoms. The van der Waals surface area contributed by atoms with E-state index >= 15 is 4.39 Å². The minimum atomic E-state index is -0.578. The molecule has 2 N–H and O–H groups in total. The number of carbonyl (C=O) groups excluding carboxylic acids is 1. The van der Waals surface area contributed by atoms with Crippen LogP contribution < -0.4 is 10.5 Å². The summed E-state index contributed by atoms with van der Waals surface area (Å²) in [6.07, 6.45) is 5.73. The molecule has 37 heavy (non-hydrogen) atoms. The van der Waals surface area contributed by atoms with E-state index in [0.29, 0.717) is 30.1 Å². The maximum absolute atomic E-state index is 15.4. The summed E-state index contributed by atoms with van der Waals surface area (Å²) in [5, 5.41) is 0.208. The van der Waals surface area contributed by atoms with Gasteiger partial charge in [-0.1, -0.05) is 25.1 Å². The van der Waals surface area contributed by atoms with Crippen LogP contribution in [-0.2, 0) is 4.79 Å². The molecule has 0 aliphatic carbocycles. The van der Waals surface area contributed by atoms with Gasteiger partial charge in [-0.25, -0.2) is 19.3 Å². The van der Waals surface area contributed by atoms with E-state index in [0.717, 1.165) is 12.8 Å². The number of nitrogen functional groups attached to an aromatic ring is 1. The van der Waals surface area contributed by atoms with Gasteiger partial charge in [-0.15, -0.1) is 0 Å². The topological polar surface area (TPSA) is 119 Å². The molecule has 0 radical (unpaired) electrons. The molecule has 3 heterocycles. The zero-order valence-electron chi connectivity index (χ0n) is 20.6. The van der Waals surface area contributed by atoms with Gasteiger partial charge < -0.3 is 15.4 Å². The average Bonchev–Trinajstić information content (AvgIpc) is 3.37. The Balaban J connectivity index is 1.68. The van der Waals surface area contributed by atoms with Crippen LogP contribution in [0.25, 0.3) is 0 Å². The third-order valence-corrected chi connectivity index (χ3v) is 6.65. The molecular formula is C26H27ClFN7O2. The van der Waals surface area contributed by atoms with Crippen molar-refractivity contribution in [2.45, 2.75) is 25.7 Å². The number of nitrogens with two attached hydrogens (primary N) is 1. The number of aromatic nitrogens is 4. The normalized spacial score (nSPS) is 16.5. The summed E-state index contributed by atoms with van der Waals surface area (Å²) in [6, 6.07) is 5.86. The number of halogens is 2. The molecule has 0 saturated carbocycles. The lowest BCUT2D eigenvalue weighted by molar-refractivity contribution is -0.125. The van der Waals surface area contributed by atoms with E-state index in [1.54, 1.807) is 24.1 Å². The van der Waals surface area contributed by atoms with Crippen LogP contribution in [0, 0.1) is 11.7 Å². The number of anilines is 1. The molecule has 1 aliphatic heterocycles. The number of ether oxygens (including phenoxy) is 1. The highest BCUT2D eigenvalue weighted by Crippen LogP contribution is 2.37. The Morgan fingerprint density at radius 2 is 2.19 bits per heavy atom. The van der Waals surface area contributed by atoms with Gasteiger partial charge in [0.25, 0.3) is 0 Å². The Morgan fingerprint density at radius 1 is 1.38 bits per heavy atom. The predicted molar refractivity (Wildman–Crippen MR) is 139 cm³/mol. The fourth-order valence-electron chi connectivity index (χ4n) is 4.73. The Morgan fingerprint density at radius 3 is 2.86 bits per heavy atom. The SMILES string of the molecule is C=CC(=O)N1CCC(C(CC)c2ncnc(N)c2C(=NC)c2ccc(Oc3nccc(Cl)n3)cc2F)C1. The largest absolute Gasteiger partial charge is 0.424 e. The van der Waals surface area contributed by atoms with Crippen LogP contribution in [0.4, 0.5) is 10.2 Å². The van der Waals surface area contributed by atoms with Crippen LogP contribution in [0.3, 0.4) is 0 Å². The summed E-state index contributed by atoms with van der Waals surface area (Å²) in [7, 11) is 1.57. The van der Waals surface area contributed by atoms with Crippen LogP contribution in [0.15, 0.2) is 54.4 Å². The molecule has 11 heteroatoms. The summed E-state index contributed by atoms with van der Waals surface area (Å²) in [6.45, 7) is 6.86. The molecular weight excluding hydrogens is 497 g/mol. The summed E-state index contributed by atoms with van der Waals surface area (Å²) in [5.74, 6) is -0.160. The first kappa shape index (κ1) is 26.2. The van der Waals surface area contributed by atoms with Crippen LogP contribution in [0.2, 0.25) is 5.15 Å². The first-order chi connectivity index (χ1) is 17.9. The standard InChI is InChI=1S/C26H27ClFN7O2/c1-4-17(15-9-11-35(13-15)21(36)5-2)24-22(25(29)33-14-32-24)23(30-3)18-7-6-16(12-19(18)28)37-26-31-10-8-20(27)34-26/h5-8,10,12,14-15,17H,2,4,9,11,13H2,1,3H3,(H2,29,32,33). The van der Waals surface area contributed by atoms with Gasteiger partial charge in [0, 0.05) is 43.9 Å². The highest BCUT2D eigenvalue weighted by molar-refractivity contribution is 6.29. The second-order valence-electron chi connectivity index (χ2n) is 8.55. The molecule has 0 bridgehead atoms. The first-order valence-corrected chi connectivity index (χ1v) is 12.2. The Bertz CT molecular complexity index is 1350. The van der Waals surface area contributed by atoms with E-state index in [-0.39, 0.29) is 46.0 Å². The molecule has 1 amide bonds. The lowest BCUT2D eigenvalue weighted by atomic mass is 9.83. The molecule has 3 aromatic rings. The van der Waals surface area contributed by atoms with E-state index < -0.39 is 5.82 Å². The molecule has 1 fully saturated rings. The van der Waals surface area contributed by atoms with Crippen molar-refractivity contribution in [1.82, 2.24) is 24.8 Å². The number of nitrogens with zero attached hydrogens (tertiary/aromatic N) is 6. The number of amides is 1. The minimum absolute atomic E-state index is 0.00152. The van der Waals surface area contributed by atoms with Gasteiger partial charge in [-0.2, -0.15) is 4.98 Å². The predicted octanol–water partition coefficient (Wildman–Crippen LogP) is 4.43. The van der Waals surface area contributed by atoms with Crippen molar-refractivity contribution < 1.29 is 13.9 Å². The van der Waals surface area contributed by atoms with E-state index in [2.05, 4.69) is 38.4 Å². The van der Waals surface area contributed by atoms with Crippen molar-refractivity contribution in [3.05, 3.63) is 77.2 Å². The van der Waals surface area contributed by atoms with Gasteiger partial charge in [0.05, 0.1) is 17.0 Å². The molecule has 2 atom stereocenters. The van der Waals surface area contributed by atoms with E-state index in [1.165, 1.54) is 30.7 Å². The Hall–Kier alpha value is -3.92. The van der Waals surface area contributed by atoms with Crippen LogP contribution in [0.1, 0.15) is 42.5 Å². The van der Waals surface area contributed by atoms with E-state index in [1.807, 2.05) is 0 Å². The maximum atomic E-state index is 15.4. The summed E-state index contributed by atoms with van der Waals surface area (Å²) < 4.78 is 21.0. The van der Waals surface area contributed by atoms with Gasteiger partial charge >= 0.3 is 6.01 Å². The van der Waals surface area contributed by atoms with Crippen LogP contribution >= 0.6 is 11.6 Å². The summed E-state index contributed by atoms with van der Waals surface area (Å²) in [5.41, 5.74) is 8.04. The molecule has 192 valence electrons. The van der Waals surface area contributed by atoms with Crippen molar-refractivity contribution in [2.24, 2.45) is 10.9 Å². The number of carbonyl (C=O) groups is 1. The van der Waals surface area contributed by atoms with Crippen molar-refractivity contribution in [3.63, 3.8) is 0 Å². The smallest absolute Gasteiger partial charge is 0.323 e. The molecule has 1 aromatic carbocycles. The molecule has 1 saturated heterocycles. The Kier molecular flexibility index (Phi) is 8.08. The molecule has 1 aliphatic rings. The fourth-order valence-corrected chi connectivity index (χ4v) is 4.85. The van der Waals surface area contributed by atoms with E-state index in [9.17, 15) is 4.79 Å². The lowest BCUT2D eigenvalue weighted by Gasteiger charge is -2.25. The summed E-state index contributed by atoms with van der Waals surface area (Å²) in [4.78, 5) is 35.0. The van der Waals surface area contributed by atoms with Crippen LogP contribution in [0.5, 0.6) is 11.8 Å². The number of likely N-dealkylation sites (tertiary alicyclic amines) is 1. The monoisotopic (exact) mass is 523 g/mol. The van der Waals surface area contributed by atoms with Gasteiger partial charge in [0.2, 0.25) is 5.91 Å². The highest BCUT2D eigenvalue weighted by atomic mass is 35.5. The third-order valence-electron chi connectivity index (χ3n) is 6.44. The fraction of sp³-hybridized carbons (Fsp3) is 0.308. The first-order valence-electron chi connectivity index (χ1n) is 11.8. The van der Waals surface area contributed by atoms with Gasteiger partial charge in [0.15, 0.2) is 0 Å². The molecule has 4 rings (SSSR count). The average molecular weight is 524 g/mol. The minimum Gasteiger partial charge on any atom is -0.424 e. The number of rotatable bonds is 8.